The molecule has 2 aliphatic heterocycles. The van der Waals surface area contributed by atoms with E-state index in [4.69, 9.17) is 4.74 Å². The van der Waals surface area contributed by atoms with Crippen molar-refractivity contribution in [1.29, 1.82) is 0 Å². The summed E-state index contributed by atoms with van der Waals surface area (Å²) in [7, 11) is 1.82. The van der Waals surface area contributed by atoms with E-state index >= 15 is 0 Å². The van der Waals surface area contributed by atoms with Crippen molar-refractivity contribution in [3.05, 3.63) is 0 Å². The third-order valence-corrected chi connectivity index (χ3v) is 4.12. The molecule has 3 atom stereocenters. The molecule has 2 heterocycles. The topological polar surface area (TPSA) is 24.5 Å². The summed E-state index contributed by atoms with van der Waals surface area (Å²) < 4.78 is 5.40. The number of methoxy groups -OCH3 is 1. The lowest BCUT2D eigenvalue weighted by Crippen LogP contribution is -2.52. The van der Waals surface area contributed by atoms with Crippen molar-refractivity contribution >= 4 is 0 Å². The molecule has 0 aliphatic carbocycles. The SMILES string of the molecule is COC(C)CN1CCCCC1C1CCCN1. The van der Waals surface area contributed by atoms with Crippen LogP contribution in [0.2, 0.25) is 0 Å². The maximum absolute atomic E-state index is 5.40. The van der Waals surface area contributed by atoms with Gasteiger partial charge in [0.2, 0.25) is 0 Å². The molecule has 0 radical (unpaired) electrons. The van der Waals surface area contributed by atoms with Gasteiger partial charge < -0.3 is 10.1 Å². The molecule has 3 nitrogen and oxygen atoms in total. The molecule has 16 heavy (non-hydrogen) atoms. The molecule has 0 aromatic heterocycles. The standard InChI is InChI=1S/C13H26N2O/c1-11(16-2)10-15-9-4-3-7-13(15)12-6-5-8-14-12/h11-14H,3-10H2,1-2H3. The highest BCUT2D eigenvalue weighted by Gasteiger charge is 2.31. The summed E-state index contributed by atoms with van der Waals surface area (Å²) in [5, 5.41) is 3.67. The zero-order chi connectivity index (χ0) is 11.4. The molecule has 2 fully saturated rings. The molecule has 0 spiro atoms. The first-order chi connectivity index (χ1) is 7.81. The zero-order valence-corrected chi connectivity index (χ0v) is 10.7. The summed E-state index contributed by atoms with van der Waals surface area (Å²) in [5.41, 5.74) is 0. The lowest BCUT2D eigenvalue weighted by Gasteiger charge is -2.40. The van der Waals surface area contributed by atoms with Gasteiger partial charge in [-0.2, -0.15) is 0 Å². The first-order valence-corrected chi connectivity index (χ1v) is 6.81. The second-order valence-corrected chi connectivity index (χ2v) is 5.31. The molecular formula is C13H26N2O. The van der Waals surface area contributed by atoms with Gasteiger partial charge in [0.25, 0.3) is 0 Å². The van der Waals surface area contributed by atoms with Gasteiger partial charge in [0.1, 0.15) is 0 Å². The highest BCUT2D eigenvalue weighted by atomic mass is 16.5. The lowest BCUT2D eigenvalue weighted by molar-refractivity contribution is 0.0372. The normalized spacial score (nSPS) is 34.1. The second kappa shape index (κ2) is 5.99. The second-order valence-electron chi connectivity index (χ2n) is 5.31. The summed E-state index contributed by atoms with van der Waals surface area (Å²) in [4.78, 5) is 2.65. The lowest BCUT2D eigenvalue weighted by atomic mass is 9.94. The van der Waals surface area contributed by atoms with Crippen molar-refractivity contribution in [2.24, 2.45) is 0 Å². The maximum Gasteiger partial charge on any atom is 0.0670 e. The van der Waals surface area contributed by atoms with E-state index in [9.17, 15) is 0 Å². The third kappa shape index (κ3) is 2.96. The van der Waals surface area contributed by atoms with Crippen LogP contribution in [-0.4, -0.2) is 49.8 Å². The number of hydrogen-bond acceptors (Lipinski definition) is 3. The Kier molecular flexibility index (Phi) is 4.62. The van der Waals surface area contributed by atoms with Gasteiger partial charge in [0, 0.05) is 25.7 Å². The Morgan fingerprint density at radius 3 is 2.88 bits per heavy atom. The van der Waals surface area contributed by atoms with Crippen LogP contribution < -0.4 is 5.32 Å². The van der Waals surface area contributed by atoms with E-state index in [-0.39, 0.29) is 0 Å². The molecule has 0 saturated carbocycles. The van der Waals surface area contributed by atoms with Crippen molar-refractivity contribution in [3.8, 4) is 0 Å². The number of hydrogen-bond donors (Lipinski definition) is 1. The van der Waals surface area contributed by atoms with Gasteiger partial charge in [0.05, 0.1) is 6.10 Å². The number of nitrogens with one attached hydrogen (secondary N) is 1. The number of piperidine rings is 1. The van der Waals surface area contributed by atoms with Crippen LogP contribution in [0.15, 0.2) is 0 Å². The quantitative estimate of drug-likeness (QED) is 0.788. The molecular weight excluding hydrogens is 200 g/mol. The largest absolute Gasteiger partial charge is 0.380 e. The number of ether oxygens (including phenoxy) is 1. The minimum atomic E-state index is 0.363. The average molecular weight is 226 g/mol. The highest BCUT2D eigenvalue weighted by molar-refractivity contribution is 4.90. The van der Waals surface area contributed by atoms with E-state index in [0.29, 0.717) is 6.10 Å². The molecule has 2 rings (SSSR count). The van der Waals surface area contributed by atoms with Crippen molar-refractivity contribution in [2.75, 3.05) is 26.7 Å². The van der Waals surface area contributed by atoms with Gasteiger partial charge in [-0.1, -0.05) is 6.42 Å². The van der Waals surface area contributed by atoms with Crippen LogP contribution >= 0.6 is 0 Å². The van der Waals surface area contributed by atoms with Crippen LogP contribution in [0.5, 0.6) is 0 Å². The van der Waals surface area contributed by atoms with Gasteiger partial charge in [-0.15, -0.1) is 0 Å². The average Bonchev–Trinajstić information content (AvgIpc) is 2.83. The van der Waals surface area contributed by atoms with E-state index in [0.717, 1.165) is 18.6 Å². The van der Waals surface area contributed by atoms with E-state index in [2.05, 4.69) is 17.1 Å². The molecule has 0 amide bonds. The highest BCUT2D eigenvalue weighted by Crippen LogP contribution is 2.24. The number of rotatable bonds is 4. The van der Waals surface area contributed by atoms with Crippen LogP contribution in [0.25, 0.3) is 0 Å². The smallest absolute Gasteiger partial charge is 0.0670 e. The van der Waals surface area contributed by atoms with E-state index in [1.165, 1.54) is 45.2 Å². The fraction of sp³-hybridized carbons (Fsp3) is 1.00. The van der Waals surface area contributed by atoms with Gasteiger partial charge in [-0.25, -0.2) is 0 Å². The summed E-state index contributed by atoms with van der Waals surface area (Å²) in [6.07, 6.45) is 7.22. The van der Waals surface area contributed by atoms with Gasteiger partial charge >= 0.3 is 0 Å². The molecule has 0 aromatic carbocycles. The van der Waals surface area contributed by atoms with Crippen LogP contribution in [0, 0.1) is 0 Å². The zero-order valence-electron chi connectivity index (χ0n) is 10.7. The van der Waals surface area contributed by atoms with Crippen LogP contribution in [-0.2, 0) is 4.74 Å². The monoisotopic (exact) mass is 226 g/mol. The molecule has 0 bridgehead atoms. The number of nitrogens with zero attached hydrogens (tertiary/aromatic N) is 1. The molecule has 94 valence electrons. The predicted octanol–water partition coefficient (Wildman–Crippen LogP) is 1.63. The summed E-state index contributed by atoms with van der Waals surface area (Å²) in [6.45, 7) is 5.75. The third-order valence-electron chi connectivity index (χ3n) is 4.12. The Morgan fingerprint density at radius 2 is 2.19 bits per heavy atom. The minimum absolute atomic E-state index is 0.363. The van der Waals surface area contributed by atoms with Gasteiger partial charge in [0.15, 0.2) is 0 Å². The van der Waals surface area contributed by atoms with Crippen LogP contribution in [0.4, 0.5) is 0 Å². The summed E-state index contributed by atoms with van der Waals surface area (Å²) >= 11 is 0. The first-order valence-electron chi connectivity index (χ1n) is 6.81. The van der Waals surface area contributed by atoms with E-state index in [1.807, 2.05) is 7.11 Å². The van der Waals surface area contributed by atoms with Crippen LogP contribution in [0.3, 0.4) is 0 Å². The summed E-state index contributed by atoms with van der Waals surface area (Å²) in [5.74, 6) is 0. The van der Waals surface area contributed by atoms with Crippen molar-refractivity contribution in [1.82, 2.24) is 10.2 Å². The molecule has 2 aliphatic rings. The van der Waals surface area contributed by atoms with E-state index < -0.39 is 0 Å². The first kappa shape index (κ1) is 12.3. The Balaban J connectivity index is 1.90. The molecule has 2 saturated heterocycles. The molecule has 3 heteroatoms. The Bertz CT molecular complexity index is 204. The van der Waals surface area contributed by atoms with E-state index in [1.54, 1.807) is 0 Å². The fourth-order valence-corrected chi connectivity index (χ4v) is 3.14. The Labute approximate surface area is 99.5 Å². The van der Waals surface area contributed by atoms with Crippen molar-refractivity contribution in [3.63, 3.8) is 0 Å². The summed E-state index contributed by atoms with van der Waals surface area (Å²) in [6, 6.07) is 1.50. The maximum atomic E-state index is 5.40. The molecule has 0 aromatic rings. The number of likely N-dealkylation sites (tertiary alicyclic amines) is 1. The van der Waals surface area contributed by atoms with Gasteiger partial charge in [-0.05, 0) is 45.7 Å². The van der Waals surface area contributed by atoms with Gasteiger partial charge in [-0.3, -0.25) is 4.90 Å². The fourth-order valence-electron chi connectivity index (χ4n) is 3.14. The predicted molar refractivity (Wildman–Crippen MR) is 66.7 cm³/mol. The molecule has 1 N–H and O–H groups in total. The molecule has 3 unspecified atom stereocenters. The Hall–Kier alpha value is -0.120. The Morgan fingerprint density at radius 1 is 1.31 bits per heavy atom. The van der Waals surface area contributed by atoms with Crippen molar-refractivity contribution in [2.45, 2.75) is 57.2 Å². The minimum Gasteiger partial charge on any atom is -0.380 e. The van der Waals surface area contributed by atoms with Crippen molar-refractivity contribution < 1.29 is 4.74 Å². The van der Waals surface area contributed by atoms with Crippen LogP contribution in [0.1, 0.15) is 39.0 Å².